The number of benzene rings is 1. The Hall–Kier alpha value is -2.33. The molecule has 1 aliphatic rings. The lowest BCUT2D eigenvalue weighted by atomic mass is 10.1. The van der Waals surface area contributed by atoms with Crippen molar-refractivity contribution in [3.63, 3.8) is 0 Å². The van der Waals surface area contributed by atoms with E-state index in [0.717, 1.165) is 11.8 Å². The van der Waals surface area contributed by atoms with Gasteiger partial charge in [0.05, 0.1) is 28.7 Å². The standard InChI is InChI=1S/C12H8N2O4S/c13-5-6-19-7-10(15)18-14-11(16)8-3-1-2-4-9(8)12(14)17/h1-4H,6-7H2. The van der Waals surface area contributed by atoms with Crippen molar-refractivity contribution in [1.29, 1.82) is 5.26 Å². The third-order valence-corrected chi connectivity index (χ3v) is 3.11. The lowest BCUT2D eigenvalue weighted by Crippen LogP contribution is -2.33. The number of carbonyl (C=O) groups excluding carboxylic acids is 3. The van der Waals surface area contributed by atoms with Crippen LogP contribution < -0.4 is 0 Å². The molecule has 2 amide bonds. The number of amides is 2. The number of imide groups is 1. The van der Waals surface area contributed by atoms with E-state index in [1.807, 2.05) is 6.07 Å². The van der Waals surface area contributed by atoms with Crippen molar-refractivity contribution in [2.75, 3.05) is 11.5 Å². The molecule has 0 saturated heterocycles. The van der Waals surface area contributed by atoms with Crippen molar-refractivity contribution in [3.8, 4) is 6.07 Å². The Bertz CT molecular complexity index is 559. The molecule has 0 atom stereocenters. The maximum absolute atomic E-state index is 11.8. The van der Waals surface area contributed by atoms with Gasteiger partial charge in [-0.25, -0.2) is 4.79 Å². The second-order valence-corrected chi connectivity index (χ2v) is 4.55. The number of nitrogens with zero attached hydrogens (tertiary/aromatic N) is 2. The average molecular weight is 276 g/mol. The van der Waals surface area contributed by atoms with Crippen molar-refractivity contribution >= 4 is 29.5 Å². The molecule has 0 radical (unpaired) electrons. The normalized spacial score (nSPS) is 13.1. The lowest BCUT2D eigenvalue weighted by Gasteiger charge is -2.11. The Morgan fingerprint density at radius 1 is 1.26 bits per heavy atom. The minimum absolute atomic E-state index is 0.0963. The van der Waals surface area contributed by atoms with Crippen LogP contribution in [-0.2, 0) is 9.63 Å². The Morgan fingerprint density at radius 2 is 1.84 bits per heavy atom. The summed E-state index contributed by atoms with van der Waals surface area (Å²) in [6.45, 7) is 0. The number of thioether (sulfide) groups is 1. The van der Waals surface area contributed by atoms with Crippen LogP contribution in [-0.4, -0.2) is 34.4 Å². The molecule has 2 rings (SSSR count). The van der Waals surface area contributed by atoms with Crippen molar-refractivity contribution in [2.24, 2.45) is 0 Å². The van der Waals surface area contributed by atoms with E-state index in [2.05, 4.69) is 0 Å². The molecule has 1 aromatic carbocycles. The molecule has 1 aliphatic heterocycles. The molecule has 0 spiro atoms. The summed E-state index contributed by atoms with van der Waals surface area (Å²) < 4.78 is 0. The molecule has 7 heteroatoms. The van der Waals surface area contributed by atoms with Crippen LogP contribution in [0.5, 0.6) is 0 Å². The summed E-state index contributed by atoms with van der Waals surface area (Å²) in [6, 6.07) is 8.09. The maximum atomic E-state index is 11.8. The lowest BCUT2D eigenvalue weighted by molar-refractivity contribution is -0.165. The van der Waals surface area contributed by atoms with Gasteiger partial charge in [-0.3, -0.25) is 9.59 Å². The van der Waals surface area contributed by atoms with Gasteiger partial charge in [0.1, 0.15) is 0 Å². The molecule has 0 saturated carbocycles. The average Bonchev–Trinajstić information content (AvgIpc) is 2.65. The molecule has 0 N–H and O–H groups in total. The van der Waals surface area contributed by atoms with E-state index in [1.165, 1.54) is 12.1 Å². The topological polar surface area (TPSA) is 87.5 Å². The van der Waals surface area contributed by atoms with Crippen LogP contribution in [0.2, 0.25) is 0 Å². The molecule has 0 bridgehead atoms. The largest absolute Gasteiger partial charge is 0.343 e. The molecular weight excluding hydrogens is 268 g/mol. The minimum atomic E-state index is -0.741. The van der Waals surface area contributed by atoms with Crippen LogP contribution in [0.3, 0.4) is 0 Å². The molecule has 0 aromatic heterocycles. The van der Waals surface area contributed by atoms with E-state index in [4.69, 9.17) is 10.1 Å². The SMILES string of the molecule is N#CCSCC(=O)ON1C(=O)c2ccccc2C1=O. The summed E-state index contributed by atoms with van der Waals surface area (Å²) in [5.41, 5.74) is 0.426. The number of hydroxylamine groups is 2. The van der Waals surface area contributed by atoms with Gasteiger partial charge in [-0.15, -0.1) is 11.8 Å². The summed E-state index contributed by atoms with van der Waals surface area (Å²) in [5.74, 6) is -2.01. The van der Waals surface area contributed by atoms with Gasteiger partial charge < -0.3 is 4.84 Å². The van der Waals surface area contributed by atoms with Gasteiger partial charge in [0.2, 0.25) is 0 Å². The summed E-state index contributed by atoms with van der Waals surface area (Å²) in [7, 11) is 0. The van der Waals surface area contributed by atoms with E-state index in [-0.39, 0.29) is 22.6 Å². The summed E-state index contributed by atoms with van der Waals surface area (Å²) in [4.78, 5) is 39.8. The fourth-order valence-corrected chi connectivity index (χ4v) is 1.97. The third-order valence-electron chi connectivity index (χ3n) is 2.34. The van der Waals surface area contributed by atoms with Crippen LogP contribution in [0.4, 0.5) is 0 Å². The van der Waals surface area contributed by atoms with E-state index < -0.39 is 17.8 Å². The van der Waals surface area contributed by atoms with Crippen molar-refractivity contribution in [2.45, 2.75) is 0 Å². The van der Waals surface area contributed by atoms with Gasteiger partial charge in [-0.1, -0.05) is 17.2 Å². The first-order chi connectivity index (χ1) is 9.15. The quantitative estimate of drug-likeness (QED) is 0.602. The summed E-state index contributed by atoms with van der Waals surface area (Å²) in [6.07, 6.45) is 0. The molecule has 0 aliphatic carbocycles. The first-order valence-corrected chi connectivity index (χ1v) is 6.44. The third kappa shape index (κ3) is 2.58. The van der Waals surface area contributed by atoms with E-state index >= 15 is 0 Å². The smallest absolute Gasteiger partial charge is 0.329 e. The van der Waals surface area contributed by atoms with Crippen LogP contribution in [0.25, 0.3) is 0 Å². The zero-order valence-corrected chi connectivity index (χ0v) is 10.5. The van der Waals surface area contributed by atoms with Crippen molar-refractivity contribution in [1.82, 2.24) is 5.06 Å². The number of nitriles is 1. The highest BCUT2D eigenvalue weighted by Crippen LogP contribution is 2.22. The molecule has 6 nitrogen and oxygen atoms in total. The number of hydrogen-bond donors (Lipinski definition) is 0. The first-order valence-electron chi connectivity index (χ1n) is 5.28. The monoisotopic (exact) mass is 276 g/mol. The van der Waals surface area contributed by atoms with Gasteiger partial charge in [0.15, 0.2) is 0 Å². The number of carbonyl (C=O) groups is 3. The zero-order valence-electron chi connectivity index (χ0n) is 9.66. The second kappa shape index (κ2) is 5.54. The van der Waals surface area contributed by atoms with Gasteiger partial charge >= 0.3 is 5.97 Å². The first kappa shape index (κ1) is 13.1. The van der Waals surface area contributed by atoms with E-state index in [1.54, 1.807) is 12.1 Å². The number of fused-ring (bicyclic) bond motifs is 1. The highest BCUT2D eigenvalue weighted by Gasteiger charge is 2.38. The summed E-state index contributed by atoms with van der Waals surface area (Å²) >= 11 is 1.05. The Labute approximate surface area is 112 Å². The Kier molecular flexibility index (Phi) is 3.82. The number of hydrogen-bond acceptors (Lipinski definition) is 6. The van der Waals surface area contributed by atoms with E-state index in [9.17, 15) is 14.4 Å². The highest BCUT2D eigenvalue weighted by molar-refractivity contribution is 8.00. The Morgan fingerprint density at radius 3 is 2.37 bits per heavy atom. The molecule has 19 heavy (non-hydrogen) atoms. The highest BCUT2D eigenvalue weighted by atomic mass is 32.2. The van der Waals surface area contributed by atoms with Crippen LogP contribution in [0.15, 0.2) is 24.3 Å². The molecule has 1 aromatic rings. The second-order valence-electron chi connectivity index (χ2n) is 3.56. The van der Waals surface area contributed by atoms with Gasteiger partial charge in [-0.2, -0.15) is 5.26 Å². The predicted molar refractivity (Wildman–Crippen MR) is 66.0 cm³/mol. The minimum Gasteiger partial charge on any atom is -0.329 e. The molecular formula is C12H8N2O4S. The van der Waals surface area contributed by atoms with Crippen molar-refractivity contribution in [3.05, 3.63) is 35.4 Å². The summed E-state index contributed by atoms with van der Waals surface area (Å²) in [5, 5.41) is 8.78. The predicted octanol–water partition coefficient (Wildman–Crippen LogP) is 0.998. The fourth-order valence-electron chi connectivity index (χ4n) is 1.56. The van der Waals surface area contributed by atoms with Gasteiger partial charge in [0, 0.05) is 0 Å². The molecule has 96 valence electrons. The fraction of sp³-hybridized carbons (Fsp3) is 0.167. The number of rotatable bonds is 4. The molecule has 0 fully saturated rings. The van der Waals surface area contributed by atoms with Crippen LogP contribution in [0.1, 0.15) is 20.7 Å². The molecule has 0 unspecified atom stereocenters. The van der Waals surface area contributed by atoms with Crippen LogP contribution >= 0.6 is 11.8 Å². The van der Waals surface area contributed by atoms with Crippen molar-refractivity contribution < 1.29 is 19.2 Å². The maximum Gasteiger partial charge on any atom is 0.343 e. The van der Waals surface area contributed by atoms with Crippen LogP contribution in [0, 0.1) is 11.3 Å². The zero-order chi connectivity index (χ0) is 13.8. The van der Waals surface area contributed by atoms with Gasteiger partial charge in [-0.05, 0) is 12.1 Å². The molecule has 1 heterocycles. The van der Waals surface area contributed by atoms with E-state index in [0.29, 0.717) is 5.06 Å². The van der Waals surface area contributed by atoms with Gasteiger partial charge in [0.25, 0.3) is 11.8 Å². The Balaban J connectivity index is 2.04.